The molecule has 1 atom stereocenters. The number of fused-ring (bicyclic) bond motifs is 2. The first-order valence-corrected chi connectivity index (χ1v) is 14.0. The fourth-order valence-electron chi connectivity index (χ4n) is 5.93. The normalized spacial score (nSPS) is 17.2. The molecule has 0 aliphatic carbocycles. The number of amides is 2. The van der Waals surface area contributed by atoms with Crippen LogP contribution in [0.5, 0.6) is 0 Å². The highest BCUT2D eigenvalue weighted by Crippen LogP contribution is 2.40. The minimum atomic E-state index is -0.575. The Bertz CT molecular complexity index is 1590. The molecular formula is C32H35N5O3. The number of aromatic amines is 1. The van der Waals surface area contributed by atoms with E-state index in [-0.39, 0.29) is 18.0 Å². The summed E-state index contributed by atoms with van der Waals surface area (Å²) in [4.78, 5) is 42.5. The number of pyridine rings is 2. The molecule has 0 bridgehead atoms. The van der Waals surface area contributed by atoms with E-state index >= 15 is 0 Å². The first kappa shape index (κ1) is 26.0. The zero-order valence-electron chi connectivity index (χ0n) is 23.5. The van der Waals surface area contributed by atoms with Crippen molar-refractivity contribution in [1.82, 2.24) is 24.8 Å². The van der Waals surface area contributed by atoms with Crippen LogP contribution in [0.2, 0.25) is 0 Å². The third-order valence-corrected chi connectivity index (χ3v) is 7.88. The number of H-pyrrole nitrogens is 1. The van der Waals surface area contributed by atoms with Crippen LogP contribution >= 0.6 is 0 Å². The Morgan fingerprint density at radius 3 is 2.73 bits per heavy atom. The van der Waals surface area contributed by atoms with Crippen molar-refractivity contribution in [2.45, 2.75) is 65.1 Å². The molecule has 1 fully saturated rings. The van der Waals surface area contributed by atoms with Crippen molar-refractivity contribution >= 4 is 23.0 Å². The number of ether oxygens (including phenoxy) is 1. The Labute approximate surface area is 234 Å². The van der Waals surface area contributed by atoms with E-state index in [1.165, 1.54) is 5.56 Å². The molecule has 6 rings (SSSR count). The summed E-state index contributed by atoms with van der Waals surface area (Å²) in [5, 5.41) is 1.10. The van der Waals surface area contributed by atoms with Crippen LogP contribution in [0.3, 0.4) is 0 Å². The molecule has 1 unspecified atom stereocenters. The molecule has 5 heterocycles. The van der Waals surface area contributed by atoms with Crippen molar-refractivity contribution in [3.63, 3.8) is 0 Å². The zero-order valence-corrected chi connectivity index (χ0v) is 23.5. The van der Waals surface area contributed by atoms with Crippen molar-refractivity contribution < 1.29 is 14.3 Å². The molecular weight excluding hydrogens is 502 g/mol. The molecule has 8 heteroatoms. The number of hydrogen-bond acceptors (Lipinski definition) is 5. The fraction of sp³-hybridized carbons (Fsp3) is 0.375. The molecule has 3 aromatic heterocycles. The van der Waals surface area contributed by atoms with Gasteiger partial charge in [0.1, 0.15) is 11.2 Å². The van der Waals surface area contributed by atoms with Gasteiger partial charge >= 0.3 is 6.09 Å². The highest BCUT2D eigenvalue weighted by molar-refractivity contribution is 5.94. The van der Waals surface area contributed by atoms with Gasteiger partial charge in [0.05, 0.1) is 11.6 Å². The Balaban J connectivity index is 1.43. The topological polar surface area (TPSA) is 91.4 Å². The van der Waals surface area contributed by atoms with Crippen LogP contribution in [0.1, 0.15) is 72.3 Å². The number of carbonyl (C=O) groups is 2. The largest absolute Gasteiger partial charge is 0.444 e. The van der Waals surface area contributed by atoms with E-state index in [1.54, 1.807) is 18.5 Å². The average Bonchev–Trinajstić information content (AvgIpc) is 3.58. The molecule has 2 aliphatic heterocycles. The van der Waals surface area contributed by atoms with Gasteiger partial charge in [-0.15, -0.1) is 0 Å². The van der Waals surface area contributed by atoms with Crippen molar-refractivity contribution in [3.05, 3.63) is 82.9 Å². The first-order chi connectivity index (χ1) is 19.2. The summed E-state index contributed by atoms with van der Waals surface area (Å²) < 4.78 is 5.80. The lowest BCUT2D eigenvalue weighted by molar-refractivity contribution is 0.0222. The Kier molecular flexibility index (Phi) is 6.56. The van der Waals surface area contributed by atoms with Crippen LogP contribution < -0.4 is 0 Å². The van der Waals surface area contributed by atoms with Crippen molar-refractivity contribution in [2.75, 3.05) is 13.1 Å². The molecule has 2 aliphatic rings. The molecule has 4 aromatic rings. The van der Waals surface area contributed by atoms with E-state index in [9.17, 15) is 9.59 Å². The molecule has 40 heavy (non-hydrogen) atoms. The number of aryl methyl sites for hydroxylation is 1. The summed E-state index contributed by atoms with van der Waals surface area (Å²) >= 11 is 0. The number of carbonyl (C=O) groups excluding carboxylic acids is 2. The molecule has 0 radical (unpaired) electrons. The zero-order chi connectivity index (χ0) is 28.0. The van der Waals surface area contributed by atoms with Gasteiger partial charge in [-0.2, -0.15) is 0 Å². The monoisotopic (exact) mass is 537 g/mol. The molecule has 1 N–H and O–H groups in total. The molecule has 1 saturated heterocycles. The first-order valence-electron chi connectivity index (χ1n) is 14.0. The number of benzene rings is 1. The number of aromatic nitrogens is 3. The average molecular weight is 538 g/mol. The van der Waals surface area contributed by atoms with Gasteiger partial charge in [0.2, 0.25) is 0 Å². The molecule has 0 saturated carbocycles. The maximum atomic E-state index is 13.4. The molecule has 0 spiro atoms. The van der Waals surface area contributed by atoms with Gasteiger partial charge in [-0.3, -0.25) is 9.78 Å². The second-order valence-corrected chi connectivity index (χ2v) is 11.8. The van der Waals surface area contributed by atoms with Crippen LogP contribution in [0.15, 0.2) is 55.1 Å². The second-order valence-electron chi connectivity index (χ2n) is 11.8. The van der Waals surface area contributed by atoms with E-state index in [0.29, 0.717) is 25.2 Å². The predicted octanol–water partition coefficient (Wildman–Crippen LogP) is 6.20. The number of likely N-dealkylation sites (tertiary alicyclic amines) is 1. The van der Waals surface area contributed by atoms with Gasteiger partial charge in [-0.25, -0.2) is 9.78 Å². The van der Waals surface area contributed by atoms with Crippen LogP contribution in [0.25, 0.3) is 22.2 Å². The highest BCUT2D eigenvalue weighted by Gasteiger charge is 2.36. The lowest BCUT2D eigenvalue weighted by atomic mass is 9.86. The Morgan fingerprint density at radius 2 is 1.95 bits per heavy atom. The Morgan fingerprint density at radius 1 is 1.10 bits per heavy atom. The van der Waals surface area contributed by atoms with Crippen LogP contribution in [-0.2, 0) is 17.7 Å². The van der Waals surface area contributed by atoms with E-state index in [1.807, 2.05) is 49.0 Å². The summed E-state index contributed by atoms with van der Waals surface area (Å²) in [6, 6.07) is 10.1. The summed E-state index contributed by atoms with van der Waals surface area (Å²) in [6.45, 7) is 9.52. The van der Waals surface area contributed by atoms with Gasteiger partial charge in [0, 0.05) is 55.4 Å². The van der Waals surface area contributed by atoms with E-state index in [4.69, 9.17) is 4.74 Å². The second kappa shape index (κ2) is 10.1. The third kappa shape index (κ3) is 4.94. The summed E-state index contributed by atoms with van der Waals surface area (Å²) in [6.07, 6.45) is 9.37. The third-order valence-electron chi connectivity index (χ3n) is 7.88. The van der Waals surface area contributed by atoms with E-state index in [0.717, 1.165) is 58.1 Å². The number of hydrogen-bond donors (Lipinski definition) is 1. The Hall–Kier alpha value is -4.20. The van der Waals surface area contributed by atoms with Crippen LogP contribution in [-0.4, -0.2) is 55.4 Å². The van der Waals surface area contributed by atoms with Gasteiger partial charge in [-0.05, 0) is 99.0 Å². The number of nitrogens with one attached hydrogen (secondary N) is 1. The molecule has 206 valence electrons. The smallest absolute Gasteiger partial charge is 0.410 e. The highest BCUT2D eigenvalue weighted by atomic mass is 16.6. The lowest BCUT2D eigenvalue weighted by Gasteiger charge is -2.35. The maximum Gasteiger partial charge on any atom is 0.410 e. The minimum Gasteiger partial charge on any atom is -0.444 e. The van der Waals surface area contributed by atoms with Crippen molar-refractivity contribution in [1.29, 1.82) is 0 Å². The summed E-state index contributed by atoms with van der Waals surface area (Å²) in [5.41, 5.74) is 7.57. The van der Waals surface area contributed by atoms with Gasteiger partial charge in [0.25, 0.3) is 5.91 Å². The standard InChI is InChI=1S/C32H35N5O3/c1-20-16-34-29-25(20)15-24(18-35-29)23-13-21-9-12-36(30(38)22-7-5-10-33-17-22)19-27(21)26(14-23)28-8-6-11-37(28)31(39)40-32(2,3)4/h5,7,10,13-18,28H,6,8-9,11-12,19H2,1-4H3,(H,34,35). The van der Waals surface area contributed by atoms with Crippen LogP contribution in [0, 0.1) is 6.92 Å². The van der Waals surface area contributed by atoms with E-state index in [2.05, 4.69) is 40.1 Å². The molecule has 1 aromatic carbocycles. The predicted molar refractivity (Wildman–Crippen MR) is 154 cm³/mol. The van der Waals surface area contributed by atoms with Gasteiger partial charge < -0.3 is 19.5 Å². The number of nitrogens with zero attached hydrogens (tertiary/aromatic N) is 4. The quantitative estimate of drug-likeness (QED) is 0.336. The summed E-state index contributed by atoms with van der Waals surface area (Å²) in [7, 11) is 0. The lowest BCUT2D eigenvalue weighted by Crippen LogP contribution is -2.39. The van der Waals surface area contributed by atoms with Crippen molar-refractivity contribution in [3.8, 4) is 11.1 Å². The molecule has 8 nitrogen and oxygen atoms in total. The van der Waals surface area contributed by atoms with Crippen molar-refractivity contribution in [2.24, 2.45) is 0 Å². The van der Waals surface area contributed by atoms with E-state index < -0.39 is 5.60 Å². The summed E-state index contributed by atoms with van der Waals surface area (Å²) in [5.74, 6) is -0.0261. The van der Waals surface area contributed by atoms with Crippen LogP contribution in [0.4, 0.5) is 4.79 Å². The molecule has 2 amide bonds. The van der Waals surface area contributed by atoms with Gasteiger partial charge in [0.15, 0.2) is 0 Å². The minimum absolute atomic E-state index is 0.0261. The maximum absolute atomic E-state index is 13.4. The SMILES string of the molecule is Cc1c[nH]c2ncc(-c3cc4c(c(C5CCCN5C(=O)OC(C)(C)C)c3)CN(C(=O)c3cccnc3)CC4)cc12. The fourth-order valence-corrected chi connectivity index (χ4v) is 5.93. The number of rotatable bonds is 3. The van der Waals surface area contributed by atoms with Gasteiger partial charge in [-0.1, -0.05) is 6.07 Å².